The van der Waals surface area contributed by atoms with Crippen LogP contribution in [0, 0.1) is 6.92 Å². The number of sulfonamides is 1. The number of urea groups is 1. The van der Waals surface area contributed by atoms with Gasteiger partial charge in [0.2, 0.25) is 0 Å². The van der Waals surface area contributed by atoms with E-state index in [9.17, 15) is 18.0 Å². The molecule has 28 heavy (non-hydrogen) atoms. The fourth-order valence-electron chi connectivity index (χ4n) is 3.36. The molecule has 8 nitrogen and oxygen atoms in total. The van der Waals surface area contributed by atoms with Crippen LogP contribution in [0.2, 0.25) is 0 Å². The molecule has 2 aromatic rings. The number of thiazole rings is 1. The summed E-state index contributed by atoms with van der Waals surface area (Å²) >= 11 is 1.24. The van der Waals surface area contributed by atoms with Crippen molar-refractivity contribution >= 4 is 44.0 Å². The summed E-state index contributed by atoms with van der Waals surface area (Å²) in [7, 11) is -4.09. The van der Waals surface area contributed by atoms with Gasteiger partial charge in [-0.1, -0.05) is 17.4 Å². The average molecular weight is 421 g/mol. The van der Waals surface area contributed by atoms with E-state index in [0.29, 0.717) is 9.18 Å². The normalized spacial score (nSPS) is 18.5. The highest BCUT2D eigenvalue weighted by molar-refractivity contribution is 7.90. The van der Waals surface area contributed by atoms with E-state index < -0.39 is 28.4 Å². The standard InChI is InChI=1S/C18H20N4O4S2/c1-12-5-6-16-13(9-12)20-17(24)22(28(16,25)26)11-14(23)15-10-19-18(27-15)21-7-3-2-4-8-21/h5-6,9-10H,2-4,7-8,11H2,1H3,(H,20,24). The van der Waals surface area contributed by atoms with E-state index in [1.165, 1.54) is 30.0 Å². The first kappa shape index (κ1) is 18.9. The van der Waals surface area contributed by atoms with Gasteiger partial charge < -0.3 is 10.2 Å². The minimum absolute atomic E-state index is 0.0104. The second-order valence-corrected chi connectivity index (χ2v) is 9.76. The van der Waals surface area contributed by atoms with E-state index in [2.05, 4.69) is 15.2 Å². The molecule has 0 unspecified atom stereocenters. The number of aryl methyl sites for hydroxylation is 1. The van der Waals surface area contributed by atoms with Gasteiger partial charge in [-0.3, -0.25) is 4.79 Å². The number of hydrogen-bond donors (Lipinski definition) is 1. The van der Waals surface area contributed by atoms with Crippen LogP contribution in [0.15, 0.2) is 29.3 Å². The van der Waals surface area contributed by atoms with Crippen LogP contribution in [0.4, 0.5) is 15.6 Å². The summed E-state index contributed by atoms with van der Waals surface area (Å²) in [6.07, 6.45) is 4.83. The van der Waals surface area contributed by atoms with Crippen LogP contribution in [-0.2, 0) is 10.0 Å². The third-order valence-electron chi connectivity index (χ3n) is 4.85. The van der Waals surface area contributed by atoms with E-state index in [1.54, 1.807) is 19.1 Å². The molecule has 1 fully saturated rings. The van der Waals surface area contributed by atoms with Crippen LogP contribution < -0.4 is 10.2 Å². The van der Waals surface area contributed by atoms with Crippen LogP contribution >= 0.6 is 11.3 Å². The quantitative estimate of drug-likeness (QED) is 0.764. The first-order valence-electron chi connectivity index (χ1n) is 9.04. The number of aromatic nitrogens is 1. The SMILES string of the molecule is Cc1ccc2c(c1)NC(=O)N(CC(=O)c1cnc(N3CCCCC3)s1)S2(=O)=O. The summed E-state index contributed by atoms with van der Waals surface area (Å²) in [4.78, 5) is 31.8. The van der Waals surface area contributed by atoms with Crippen LogP contribution in [0.25, 0.3) is 0 Å². The first-order valence-corrected chi connectivity index (χ1v) is 11.3. The van der Waals surface area contributed by atoms with Crippen LogP contribution in [0.5, 0.6) is 0 Å². The summed E-state index contributed by atoms with van der Waals surface area (Å²) in [6, 6.07) is 3.87. The number of rotatable bonds is 4. The number of nitrogens with zero attached hydrogens (tertiary/aromatic N) is 3. The maximum absolute atomic E-state index is 12.8. The second-order valence-electron chi connectivity index (χ2n) is 6.92. The summed E-state index contributed by atoms with van der Waals surface area (Å²) in [5.41, 5.74) is 1.06. The van der Waals surface area contributed by atoms with Gasteiger partial charge in [0.25, 0.3) is 10.0 Å². The highest BCUT2D eigenvalue weighted by atomic mass is 32.2. The van der Waals surface area contributed by atoms with Crippen molar-refractivity contribution in [3.63, 3.8) is 0 Å². The Morgan fingerprint density at radius 1 is 1.25 bits per heavy atom. The van der Waals surface area contributed by atoms with Gasteiger partial charge in [0.15, 0.2) is 10.9 Å². The molecule has 2 amide bonds. The highest BCUT2D eigenvalue weighted by Gasteiger charge is 2.38. The lowest BCUT2D eigenvalue weighted by Crippen LogP contribution is -2.46. The van der Waals surface area contributed by atoms with Crippen molar-refractivity contribution in [2.24, 2.45) is 0 Å². The molecular weight excluding hydrogens is 400 g/mol. The van der Waals surface area contributed by atoms with Gasteiger partial charge >= 0.3 is 6.03 Å². The largest absolute Gasteiger partial charge is 0.348 e. The predicted molar refractivity (Wildman–Crippen MR) is 107 cm³/mol. The zero-order valence-corrected chi connectivity index (χ0v) is 17.0. The highest BCUT2D eigenvalue weighted by Crippen LogP contribution is 2.31. The molecule has 0 aliphatic carbocycles. The molecule has 0 bridgehead atoms. The Kier molecular flexibility index (Phi) is 4.84. The molecule has 1 aromatic carbocycles. The Morgan fingerprint density at radius 3 is 2.75 bits per heavy atom. The number of fused-ring (bicyclic) bond motifs is 1. The summed E-state index contributed by atoms with van der Waals surface area (Å²) in [6.45, 7) is 3.06. The lowest BCUT2D eigenvalue weighted by atomic mass is 10.1. The number of carbonyl (C=O) groups is 2. The van der Waals surface area contributed by atoms with Crippen molar-refractivity contribution in [3.8, 4) is 0 Å². The van der Waals surface area contributed by atoms with Crippen molar-refractivity contribution in [2.75, 3.05) is 29.9 Å². The van der Waals surface area contributed by atoms with Gasteiger partial charge in [0.1, 0.15) is 11.4 Å². The Hall–Kier alpha value is -2.46. The van der Waals surface area contributed by atoms with Gasteiger partial charge in [-0.25, -0.2) is 22.5 Å². The van der Waals surface area contributed by atoms with E-state index >= 15 is 0 Å². The Balaban J connectivity index is 1.55. The number of benzene rings is 1. The monoisotopic (exact) mass is 420 g/mol. The fourth-order valence-corrected chi connectivity index (χ4v) is 5.68. The van der Waals surface area contributed by atoms with Gasteiger partial charge in [-0.2, -0.15) is 0 Å². The van der Waals surface area contributed by atoms with Crippen molar-refractivity contribution < 1.29 is 18.0 Å². The number of amides is 2. The summed E-state index contributed by atoms with van der Waals surface area (Å²) in [5, 5.41) is 3.31. The minimum atomic E-state index is -4.09. The summed E-state index contributed by atoms with van der Waals surface area (Å²) in [5.74, 6) is -0.449. The molecule has 2 aliphatic rings. The molecule has 1 saturated heterocycles. The van der Waals surface area contributed by atoms with Crippen molar-refractivity contribution in [2.45, 2.75) is 31.1 Å². The maximum Gasteiger partial charge on any atom is 0.336 e. The zero-order chi connectivity index (χ0) is 19.9. The molecule has 1 aromatic heterocycles. The minimum Gasteiger partial charge on any atom is -0.348 e. The predicted octanol–water partition coefficient (Wildman–Crippen LogP) is 2.86. The topological polar surface area (TPSA) is 99.7 Å². The number of hydrogen-bond acceptors (Lipinski definition) is 7. The first-order chi connectivity index (χ1) is 13.4. The number of Topliss-reactive ketones (excluding diaryl/α,β-unsaturated/α-hetero) is 1. The molecule has 0 spiro atoms. The lowest BCUT2D eigenvalue weighted by molar-refractivity contribution is 0.0976. The van der Waals surface area contributed by atoms with E-state index in [1.807, 2.05) is 0 Å². The van der Waals surface area contributed by atoms with Gasteiger partial charge in [0, 0.05) is 13.1 Å². The van der Waals surface area contributed by atoms with Gasteiger partial charge in [-0.05, 0) is 43.9 Å². The number of ketones is 1. The van der Waals surface area contributed by atoms with Crippen molar-refractivity contribution in [1.82, 2.24) is 9.29 Å². The lowest BCUT2D eigenvalue weighted by Gasteiger charge is -2.28. The number of nitrogens with one attached hydrogen (secondary N) is 1. The van der Waals surface area contributed by atoms with Gasteiger partial charge in [-0.15, -0.1) is 0 Å². The second kappa shape index (κ2) is 7.17. The number of carbonyl (C=O) groups excluding carboxylic acids is 2. The molecular formula is C18H20N4O4S2. The Bertz CT molecular complexity index is 1040. The van der Waals surface area contributed by atoms with Crippen molar-refractivity contribution in [3.05, 3.63) is 34.8 Å². The molecule has 0 saturated carbocycles. The molecule has 10 heteroatoms. The third-order valence-corrected chi connectivity index (χ3v) is 7.74. The number of anilines is 2. The molecule has 148 valence electrons. The number of piperidine rings is 1. The van der Waals surface area contributed by atoms with E-state index in [0.717, 1.165) is 36.6 Å². The zero-order valence-electron chi connectivity index (χ0n) is 15.3. The van der Waals surface area contributed by atoms with Crippen LogP contribution in [0.1, 0.15) is 34.5 Å². The molecule has 2 aliphatic heterocycles. The maximum atomic E-state index is 12.8. The van der Waals surface area contributed by atoms with Crippen molar-refractivity contribution in [1.29, 1.82) is 0 Å². The molecule has 0 radical (unpaired) electrons. The van der Waals surface area contributed by atoms with Gasteiger partial charge in [0.05, 0.1) is 16.8 Å². The molecule has 4 rings (SSSR count). The molecule has 0 atom stereocenters. The summed E-state index contributed by atoms with van der Waals surface area (Å²) < 4.78 is 26.3. The molecule has 1 N–H and O–H groups in total. The van der Waals surface area contributed by atoms with Crippen LogP contribution in [-0.4, -0.2) is 49.2 Å². The Labute approximate surface area is 167 Å². The fraction of sp³-hybridized carbons (Fsp3) is 0.389. The van der Waals surface area contributed by atoms with Crippen LogP contribution in [0.3, 0.4) is 0 Å². The molecule has 3 heterocycles. The van der Waals surface area contributed by atoms with E-state index in [4.69, 9.17) is 0 Å². The Morgan fingerprint density at radius 2 is 2.00 bits per heavy atom. The smallest absolute Gasteiger partial charge is 0.336 e. The van der Waals surface area contributed by atoms with E-state index in [-0.39, 0.29) is 10.6 Å². The average Bonchev–Trinajstić information content (AvgIpc) is 3.16. The third kappa shape index (κ3) is 3.37.